The van der Waals surface area contributed by atoms with Gasteiger partial charge < -0.3 is 24.8 Å². The minimum Gasteiger partial charge on any atom is -0.458 e. The first-order valence-corrected chi connectivity index (χ1v) is 8.83. The van der Waals surface area contributed by atoms with Gasteiger partial charge in [-0.1, -0.05) is 24.8 Å². The highest BCUT2D eigenvalue weighted by molar-refractivity contribution is 5.92. The number of esters is 2. The lowest BCUT2D eigenvalue weighted by Crippen LogP contribution is -2.35. The van der Waals surface area contributed by atoms with Crippen molar-refractivity contribution in [3.63, 3.8) is 0 Å². The van der Waals surface area contributed by atoms with Crippen molar-refractivity contribution in [1.82, 2.24) is 0 Å². The summed E-state index contributed by atoms with van der Waals surface area (Å²) in [6.45, 7) is 8.32. The Morgan fingerprint density at radius 1 is 1.44 bits per heavy atom. The molecule has 148 valence electrons. The Hall–Kier alpha value is -2.22. The molecular weight excluding hydrogens is 352 g/mol. The summed E-state index contributed by atoms with van der Waals surface area (Å²) in [5.74, 6) is -2.05. The van der Waals surface area contributed by atoms with Crippen molar-refractivity contribution in [2.45, 2.75) is 44.5 Å². The molecule has 0 aromatic carbocycles. The molecule has 1 fully saturated rings. The van der Waals surface area contributed by atoms with Crippen LogP contribution in [0.4, 0.5) is 0 Å². The van der Waals surface area contributed by atoms with Gasteiger partial charge in [-0.2, -0.15) is 0 Å². The monoisotopic (exact) mass is 378 g/mol. The molecule has 0 radical (unpaired) electrons. The van der Waals surface area contributed by atoms with Gasteiger partial charge in [-0.05, 0) is 31.4 Å². The fourth-order valence-electron chi connectivity index (χ4n) is 3.23. The standard InChI is InChI=1S/C20H26O7/c1-11-5-4-6-14(9-21)8-17-18(13(3)20(25)27-17)16(7-11)26-19(24)12(2)15(23)10-22/h5,8,15-18,21-23H,2-4,6-7,9-10H2,1H3/b11-5-,14-8+/t15-,16?,17+,18+/m0/s1. The molecule has 2 aliphatic rings. The van der Waals surface area contributed by atoms with E-state index in [4.69, 9.17) is 14.6 Å². The van der Waals surface area contributed by atoms with E-state index in [9.17, 15) is 19.8 Å². The van der Waals surface area contributed by atoms with E-state index in [-0.39, 0.29) is 17.8 Å². The van der Waals surface area contributed by atoms with Crippen LogP contribution >= 0.6 is 0 Å². The Kier molecular flexibility index (Phi) is 7.12. The summed E-state index contributed by atoms with van der Waals surface area (Å²) < 4.78 is 10.9. The van der Waals surface area contributed by atoms with Crippen molar-refractivity contribution in [1.29, 1.82) is 0 Å². The third-order valence-corrected chi connectivity index (χ3v) is 4.84. The first kappa shape index (κ1) is 21.1. The number of carbonyl (C=O) groups is 2. The highest BCUT2D eigenvalue weighted by Gasteiger charge is 2.44. The number of hydrogen-bond donors (Lipinski definition) is 3. The van der Waals surface area contributed by atoms with Crippen molar-refractivity contribution in [2.75, 3.05) is 13.2 Å². The first-order chi connectivity index (χ1) is 12.8. The van der Waals surface area contributed by atoms with Gasteiger partial charge in [-0.25, -0.2) is 9.59 Å². The average Bonchev–Trinajstić information content (AvgIpc) is 2.92. The predicted molar refractivity (Wildman–Crippen MR) is 97.4 cm³/mol. The molecule has 27 heavy (non-hydrogen) atoms. The van der Waals surface area contributed by atoms with Crippen LogP contribution in [0.5, 0.6) is 0 Å². The molecule has 7 heteroatoms. The zero-order chi connectivity index (χ0) is 20.1. The van der Waals surface area contributed by atoms with E-state index in [1.807, 2.05) is 13.0 Å². The first-order valence-electron chi connectivity index (χ1n) is 8.83. The van der Waals surface area contributed by atoms with Gasteiger partial charge >= 0.3 is 11.9 Å². The van der Waals surface area contributed by atoms with Crippen molar-refractivity contribution in [3.8, 4) is 0 Å². The van der Waals surface area contributed by atoms with Gasteiger partial charge in [0.2, 0.25) is 0 Å². The predicted octanol–water partition coefficient (Wildman–Crippen LogP) is 0.954. The lowest BCUT2D eigenvalue weighted by molar-refractivity contribution is -0.148. The molecule has 0 spiro atoms. The molecule has 1 aliphatic heterocycles. The highest BCUT2D eigenvalue weighted by Crippen LogP contribution is 2.36. The molecule has 0 amide bonds. The molecule has 0 aromatic heterocycles. The number of carbonyl (C=O) groups excluding carboxylic acids is 2. The van der Waals surface area contributed by atoms with Crippen molar-refractivity contribution >= 4 is 11.9 Å². The average molecular weight is 378 g/mol. The van der Waals surface area contributed by atoms with E-state index in [1.54, 1.807) is 6.08 Å². The number of rotatable bonds is 5. The molecule has 4 atom stereocenters. The van der Waals surface area contributed by atoms with Crippen LogP contribution in [0.1, 0.15) is 26.2 Å². The fourth-order valence-corrected chi connectivity index (χ4v) is 3.23. The summed E-state index contributed by atoms with van der Waals surface area (Å²) in [5.41, 5.74) is 1.60. The molecule has 3 N–H and O–H groups in total. The zero-order valence-corrected chi connectivity index (χ0v) is 15.4. The molecule has 1 heterocycles. The third-order valence-electron chi connectivity index (χ3n) is 4.84. The molecular formula is C20H26O7. The topological polar surface area (TPSA) is 113 Å². The zero-order valence-electron chi connectivity index (χ0n) is 15.4. The molecule has 1 aliphatic carbocycles. The van der Waals surface area contributed by atoms with Gasteiger partial charge in [-0.3, -0.25) is 0 Å². The molecule has 2 rings (SSSR count). The maximum Gasteiger partial charge on any atom is 0.336 e. The molecule has 1 unspecified atom stereocenters. The van der Waals surface area contributed by atoms with E-state index >= 15 is 0 Å². The normalized spacial score (nSPS) is 30.9. The van der Waals surface area contributed by atoms with Crippen molar-refractivity contribution < 1.29 is 34.4 Å². The summed E-state index contributed by atoms with van der Waals surface area (Å²) in [4.78, 5) is 24.4. The second kappa shape index (κ2) is 9.12. The summed E-state index contributed by atoms with van der Waals surface area (Å²) in [7, 11) is 0. The van der Waals surface area contributed by atoms with E-state index in [0.29, 0.717) is 19.3 Å². The van der Waals surface area contributed by atoms with Gasteiger partial charge in [0.15, 0.2) is 0 Å². The molecule has 0 saturated carbocycles. The largest absolute Gasteiger partial charge is 0.458 e. The van der Waals surface area contributed by atoms with Crippen LogP contribution in [-0.4, -0.2) is 58.8 Å². The maximum absolute atomic E-state index is 12.3. The summed E-state index contributed by atoms with van der Waals surface area (Å²) in [6.07, 6.45) is 2.46. The van der Waals surface area contributed by atoms with E-state index in [2.05, 4.69) is 13.2 Å². The van der Waals surface area contributed by atoms with Gasteiger partial charge in [0, 0.05) is 12.0 Å². The summed E-state index contributed by atoms with van der Waals surface area (Å²) in [6, 6.07) is 0. The SMILES string of the molecule is C=C1C(=O)O[C@@H]2/C=C(/CO)CC/C=C(/C)CC(OC(=O)C(=C)[C@@H](O)CO)[C@@H]12. The number of ether oxygens (including phenoxy) is 2. The van der Waals surface area contributed by atoms with Crippen molar-refractivity contribution in [3.05, 3.63) is 47.6 Å². The van der Waals surface area contributed by atoms with Gasteiger partial charge in [0.05, 0.1) is 24.7 Å². The van der Waals surface area contributed by atoms with E-state index in [1.165, 1.54) is 0 Å². The summed E-state index contributed by atoms with van der Waals surface area (Å²) in [5, 5.41) is 28.2. The van der Waals surface area contributed by atoms with Crippen LogP contribution in [0.25, 0.3) is 0 Å². The highest BCUT2D eigenvalue weighted by atomic mass is 16.6. The van der Waals surface area contributed by atoms with Gasteiger partial charge in [-0.15, -0.1) is 0 Å². The van der Waals surface area contributed by atoms with Crippen LogP contribution in [-0.2, 0) is 19.1 Å². The van der Waals surface area contributed by atoms with Gasteiger partial charge in [0.25, 0.3) is 0 Å². The van der Waals surface area contributed by atoms with Crippen LogP contribution in [0, 0.1) is 5.92 Å². The second-order valence-corrected chi connectivity index (χ2v) is 6.86. The maximum atomic E-state index is 12.3. The number of aliphatic hydroxyl groups is 3. The Labute approximate surface area is 158 Å². The molecule has 0 bridgehead atoms. The van der Waals surface area contributed by atoms with E-state index < -0.39 is 42.8 Å². The van der Waals surface area contributed by atoms with Crippen LogP contribution < -0.4 is 0 Å². The Bertz CT molecular complexity index is 688. The van der Waals surface area contributed by atoms with Crippen LogP contribution in [0.3, 0.4) is 0 Å². The lowest BCUT2D eigenvalue weighted by atomic mass is 9.85. The summed E-state index contributed by atoms with van der Waals surface area (Å²) >= 11 is 0. The number of fused-ring (bicyclic) bond motifs is 1. The van der Waals surface area contributed by atoms with Crippen LogP contribution in [0.2, 0.25) is 0 Å². The Balaban J connectivity index is 2.36. The lowest BCUT2D eigenvalue weighted by Gasteiger charge is -2.28. The van der Waals surface area contributed by atoms with Gasteiger partial charge in [0.1, 0.15) is 18.3 Å². The molecule has 1 saturated heterocycles. The quantitative estimate of drug-likeness (QED) is 0.371. The Morgan fingerprint density at radius 2 is 2.15 bits per heavy atom. The van der Waals surface area contributed by atoms with E-state index in [0.717, 1.165) is 11.1 Å². The smallest absolute Gasteiger partial charge is 0.336 e. The third kappa shape index (κ3) is 4.94. The fraction of sp³-hybridized carbons (Fsp3) is 0.500. The number of allylic oxidation sites excluding steroid dienone is 1. The second-order valence-electron chi connectivity index (χ2n) is 6.86. The minimum absolute atomic E-state index is 0.163. The molecule has 0 aromatic rings. The Morgan fingerprint density at radius 3 is 2.78 bits per heavy atom. The van der Waals surface area contributed by atoms with Crippen LogP contribution in [0.15, 0.2) is 47.6 Å². The number of aliphatic hydroxyl groups excluding tert-OH is 3. The molecule has 7 nitrogen and oxygen atoms in total. The van der Waals surface area contributed by atoms with Crippen molar-refractivity contribution in [2.24, 2.45) is 5.92 Å². The minimum atomic E-state index is -1.42. The number of hydrogen-bond acceptors (Lipinski definition) is 7.